The number of allylic oxidation sites excluding steroid dienone is 2. The second-order valence-electron chi connectivity index (χ2n) is 9.16. The van der Waals surface area contributed by atoms with Crippen LogP contribution in [0, 0.1) is 0 Å². The number of benzene rings is 1. The molecule has 3 aromatic rings. The third-order valence-corrected chi connectivity index (χ3v) is 6.98. The average molecular weight is 550 g/mol. The Balaban J connectivity index is 1.43. The summed E-state index contributed by atoms with van der Waals surface area (Å²) in [4.78, 5) is 5.40. The predicted octanol–water partition coefficient (Wildman–Crippen LogP) is 8.23. The van der Waals surface area contributed by atoms with Gasteiger partial charge in [-0.3, -0.25) is 0 Å². The SMILES string of the molecule is CN(CC1=CCCC=C1)c1ccc(OCc2c(-c3c(Cl)cccc3Cl)noc2C2CC2)nc1C(F)(F)F. The third kappa shape index (κ3) is 5.65. The van der Waals surface area contributed by atoms with E-state index in [1.165, 1.54) is 12.1 Å². The summed E-state index contributed by atoms with van der Waals surface area (Å²) in [6, 6.07) is 7.92. The molecule has 1 saturated carbocycles. The number of rotatable bonds is 8. The molecule has 0 atom stereocenters. The van der Waals surface area contributed by atoms with Crippen molar-refractivity contribution in [3.63, 3.8) is 0 Å². The van der Waals surface area contributed by atoms with E-state index in [2.05, 4.69) is 10.1 Å². The first-order valence-electron chi connectivity index (χ1n) is 11.9. The summed E-state index contributed by atoms with van der Waals surface area (Å²) in [5, 5.41) is 4.96. The highest BCUT2D eigenvalue weighted by Crippen LogP contribution is 2.46. The van der Waals surface area contributed by atoms with Crippen molar-refractivity contribution in [2.45, 2.75) is 44.4 Å². The molecule has 1 fully saturated rings. The largest absolute Gasteiger partial charge is 0.473 e. The van der Waals surface area contributed by atoms with E-state index >= 15 is 0 Å². The zero-order chi connectivity index (χ0) is 26.2. The molecule has 0 unspecified atom stereocenters. The summed E-state index contributed by atoms with van der Waals surface area (Å²) in [7, 11) is 1.62. The lowest BCUT2D eigenvalue weighted by Gasteiger charge is -2.24. The fourth-order valence-electron chi connectivity index (χ4n) is 4.37. The number of nitrogens with zero attached hydrogens (tertiary/aromatic N) is 3. The number of ether oxygens (including phenoxy) is 1. The molecule has 0 N–H and O–H groups in total. The Morgan fingerprint density at radius 1 is 1.11 bits per heavy atom. The van der Waals surface area contributed by atoms with E-state index in [0.717, 1.165) is 31.3 Å². The lowest BCUT2D eigenvalue weighted by atomic mass is 10.0. The van der Waals surface area contributed by atoms with Crippen LogP contribution in [0.25, 0.3) is 11.3 Å². The number of pyridine rings is 1. The van der Waals surface area contributed by atoms with E-state index < -0.39 is 11.9 Å². The molecule has 0 amide bonds. The molecular formula is C27H24Cl2F3N3O2. The molecule has 10 heteroatoms. The first-order chi connectivity index (χ1) is 17.7. The molecule has 0 radical (unpaired) electrons. The minimum Gasteiger partial charge on any atom is -0.473 e. The summed E-state index contributed by atoms with van der Waals surface area (Å²) in [5.41, 5.74) is 1.45. The number of aromatic nitrogens is 2. The maximum absolute atomic E-state index is 14.0. The Labute approximate surface area is 222 Å². The molecule has 0 spiro atoms. The van der Waals surface area contributed by atoms with Crippen LogP contribution in [0.2, 0.25) is 10.0 Å². The highest BCUT2D eigenvalue weighted by molar-refractivity contribution is 6.39. The Kier molecular flexibility index (Phi) is 7.23. The summed E-state index contributed by atoms with van der Waals surface area (Å²) >= 11 is 12.8. The van der Waals surface area contributed by atoms with E-state index in [9.17, 15) is 13.2 Å². The molecule has 37 heavy (non-hydrogen) atoms. The van der Waals surface area contributed by atoms with Gasteiger partial charge in [-0.2, -0.15) is 13.2 Å². The number of anilines is 1. The van der Waals surface area contributed by atoms with E-state index in [4.69, 9.17) is 32.5 Å². The molecule has 194 valence electrons. The Hall–Kier alpha value is -2.97. The molecular weight excluding hydrogens is 526 g/mol. The van der Waals surface area contributed by atoms with Gasteiger partial charge in [0.1, 0.15) is 18.1 Å². The molecule has 2 aliphatic carbocycles. The van der Waals surface area contributed by atoms with Crippen molar-refractivity contribution in [2.75, 3.05) is 18.5 Å². The van der Waals surface area contributed by atoms with E-state index in [1.807, 2.05) is 18.2 Å². The van der Waals surface area contributed by atoms with Crippen LogP contribution in [0.4, 0.5) is 18.9 Å². The smallest absolute Gasteiger partial charge is 0.435 e. The van der Waals surface area contributed by atoms with Crippen LogP contribution in [0.5, 0.6) is 5.88 Å². The van der Waals surface area contributed by atoms with Gasteiger partial charge in [0, 0.05) is 31.1 Å². The Bertz CT molecular complexity index is 1340. The quantitative estimate of drug-likeness (QED) is 0.283. The molecule has 0 aliphatic heterocycles. The standard InChI is InChI=1S/C27H24Cl2F3N3O2/c1-35(14-16-6-3-2-4-7-16)21-12-13-22(33-26(21)27(30,31)32)36-15-18-24(34-37-25(18)17-10-11-17)23-19(28)8-5-9-20(23)29/h3,5-9,12-13,17H,2,4,10-11,14-15H2,1H3. The monoisotopic (exact) mass is 549 g/mol. The molecule has 2 aliphatic rings. The number of hydrogen-bond acceptors (Lipinski definition) is 5. The van der Waals surface area contributed by atoms with Crippen LogP contribution in [0.3, 0.4) is 0 Å². The number of alkyl halides is 3. The van der Waals surface area contributed by atoms with Crippen molar-refractivity contribution in [3.8, 4) is 17.1 Å². The van der Waals surface area contributed by atoms with Crippen molar-refractivity contribution in [1.82, 2.24) is 10.1 Å². The zero-order valence-corrected chi connectivity index (χ0v) is 21.5. The summed E-state index contributed by atoms with van der Waals surface area (Å²) in [5.74, 6) is 0.659. The first-order valence-corrected chi connectivity index (χ1v) is 12.7. The van der Waals surface area contributed by atoms with Crippen molar-refractivity contribution in [3.05, 3.63) is 81.2 Å². The van der Waals surface area contributed by atoms with Gasteiger partial charge < -0.3 is 14.2 Å². The van der Waals surface area contributed by atoms with Crippen molar-refractivity contribution in [2.24, 2.45) is 0 Å². The van der Waals surface area contributed by atoms with Gasteiger partial charge in [0.05, 0.1) is 21.3 Å². The predicted molar refractivity (Wildman–Crippen MR) is 137 cm³/mol. The van der Waals surface area contributed by atoms with Gasteiger partial charge in [0.2, 0.25) is 5.88 Å². The Morgan fingerprint density at radius 3 is 2.51 bits per heavy atom. The van der Waals surface area contributed by atoms with Gasteiger partial charge in [0.15, 0.2) is 5.69 Å². The highest BCUT2D eigenvalue weighted by atomic mass is 35.5. The molecule has 2 aromatic heterocycles. The minimum absolute atomic E-state index is 0.0214. The van der Waals surface area contributed by atoms with Crippen LogP contribution in [-0.2, 0) is 12.8 Å². The van der Waals surface area contributed by atoms with Gasteiger partial charge in [-0.25, -0.2) is 4.98 Å². The minimum atomic E-state index is -4.66. The number of likely N-dealkylation sites (N-methyl/N-ethyl adjacent to an activating group) is 1. The van der Waals surface area contributed by atoms with Crippen LogP contribution in [0.1, 0.15) is 48.6 Å². The molecule has 0 bridgehead atoms. The van der Waals surface area contributed by atoms with Gasteiger partial charge >= 0.3 is 6.18 Å². The summed E-state index contributed by atoms with van der Waals surface area (Å²) in [6.07, 6.45) is 5.02. The topological polar surface area (TPSA) is 51.4 Å². The number of hydrogen-bond donors (Lipinski definition) is 0. The van der Waals surface area contributed by atoms with E-state index in [1.54, 1.807) is 30.1 Å². The second-order valence-corrected chi connectivity index (χ2v) is 9.98. The van der Waals surface area contributed by atoms with Crippen LogP contribution < -0.4 is 9.64 Å². The molecule has 5 rings (SSSR count). The average Bonchev–Trinajstić information content (AvgIpc) is 3.63. The van der Waals surface area contributed by atoms with Crippen molar-refractivity contribution in [1.29, 1.82) is 0 Å². The fraction of sp³-hybridized carbons (Fsp3) is 0.333. The maximum atomic E-state index is 14.0. The van der Waals surface area contributed by atoms with Crippen LogP contribution >= 0.6 is 23.2 Å². The normalized spacial score (nSPS) is 15.6. The molecule has 2 heterocycles. The second kappa shape index (κ2) is 10.4. The van der Waals surface area contributed by atoms with E-state index in [0.29, 0.717) is 39.2 Å². The zero-order valence-electron chi connectivity index (χ0n) is 20.0. The Morgan fingerprint density at radius 2 is 1.86 bits per heavy atom. The fourth-order valence-corrected chi connectivity index (χ4v) is 4.95. The lowest BCUT2D eigenvalue weighted by molar-refractivity contribution is -0.140. The lowest BCUT2D eigenvalue weighted by Crippen LogP contribution is -2.24. The van der Waals surface area contributed by atoms with E-state index in [-0.39, 0.29) is 24.1 Å². The van der Waals surface area contributed by atoms with Gasteiger partial charge in [-0.15, -0.1) is 0 Å². The maximum Gasteiger partial charge on any atom is 0.435 e. The third-order valence-electron chi connectivity index (χ3n) is 6.35. The molecule has 0 saturated heterocycles. The van der Waals surface area contributed by atoms with Crippen molar-refractivity contribution < 1.29 is 22.4 Å². The summed E-state index contributed by atoms with van der Waals surface area (Å²) < 4.78 is 53.4. The first kappa shape index (κ1) is 25.7. The van der Waals surface area contributed by atoms with Gasteiger partial charge in [0.25, 0.3) is 0 Å². The van der Waals surface area contributed by atoms with Crippen molar-refractivity contribution >= 4 is 28.9 Å². The number of halogens is 5. The molecule has 5 nitrogen and oxygen atoms in total. The molecule has 1 aromatic carbocycles. The van der Waals surface area contributed by atoms with Crippen LogP contribution in [-0.4, -0.2) is 23.7 Å². The van der Waals surface area contributed by atoms with Gasteiger partial charge in [-0.1, -0.05) is 52.7 Å². The van der Waals surface area contributed by atoms with Gasteiger partial charge in [-0.05, 0) is 49.5 Å². The highest BCUT2D eigenvalue weighted by Gasteiger charge is 2.38. The summed E-state index contributed by atoms with van der Waals surface area (Å²) in [6.45, 7) is 0.248. The van der Waals surface area contributed by atoms with Crippen LogP contribution in [0.15, 0.2) is 58.7 Å².